The van der Waals surface area contributed by atoms with Gasteiger partial charge in [-0.3, -0.25) is 4.79 Å². The molecule has 1 atom stereocenters. The number of hydrogen-bond acceptors (Lipinski definition) is 4. The molecule has 0 aliphatic carbocycles. The number of carbonyl (C=O) groups is 1. The van der Waals surface area contributed by atoms with Crippen molar-refractivity contribution in [3.8, 4) is 0 Å². The largest absolute Gasteiger partial charge is 0.378 e. The third-order valence-electron chi connectivity index (χ3n) is 5.23. The van der Waals surface area contributed by atoms with Crippen molar-refractivity contribution in [1.29, 1.82) is 0 Å². The number of benzene rings is 2. The van der Waals surface area contributed by atoms with Gasteiger partial charge >= 0.3 is 0 Å². The number of aryl methyl sites for hydroxylation is 1. The third kappa shape index (κ3) is 5.70. The molecule has 0 spiro atoms. The second-order valence-electron chi connectivity index (χ2n) is 7.83. The number of carbonyl (C=O) groups excluding carboxylic acids is 1. The van der Waals surface area contributed by atoms with E-state index < -0.39 is 9.84 Å². The molecule has 3 rings (SSSR count). The van der Waals surface area contributed by atoms with Gasteiger partial charge in [0.25, 0.3) is 0 Å². The van der Waals surface area contributed by atoms with Gasteiger partial charge < -0.3 is 9.80 Å². The van der Waals surface area contributed by atoms with Crippen molar-refractivity contribution >= 4 is 27.5 Å². The van der Waals surface area contributed by atoms with Crippen LogP contribution in [0, 0.1) is 6.92 Å². The van der Waals surface area contributed by atoms with Gasteiger partial charge in [0, 0.05) is 38.4 Å². The monoisotopic (exact) mass is 412 g/mol. The quantitative estimate of drug-likeness (QED) is 0.683. The first-order valence-electron chi connectivity index (χ1n) is 9.75. The van der Waals surface area contributed by atoms with Crippen LogP contribution in [0.4, 0.5) is 5.69 Å². The lowest BCUT2D eigenvalue weighted by atomic mass is 10.1. The molecule has 1 aliphatic rings. The molecule has 29 heavy (non-hydrogen) atoms. The van der Waals surface area contributed by atoms with E-state index >= 15 is 0 Å². The number of hydrogen-bond donors (Lipinski definition) is 0. The fourth-order valence-corrected chi connectivity index (χ4v) is 5.18. The summed E-state index contributed by atoms with van der Waals surface area (Å²) < 4.78 is 24.0. The summed E-state index contributed by atoms with van der Waals surface area (Å²) in [6.45, 7) is 2.41. The topological polar surface area (TPSA) is 57.7 Å². The Bertz CT molecular complexity index is 978. The Hall–Kier alpha value is -2.60. The second kappa shape index (κ2) is 8.82. The van der Waals surface area contributed by atoms with Gasteiger partial charge in [-0.25, -0.2) is 8.42 Å². The van der Waals surface area contributed by atoms with Crippen molar-refractivity contribution in [1.82, 2.24) is 4.90 Å². The van der Waals surface area contributed by atoms with Crippen LogP contribution < -0.4 is 4.90 Å². The first-order chi connectivity index (χ1) is 13.7. The molecule has 0 radical (unpaired) electrons. The molecule has 1 amide bonds. The Morgan fingerprint density at radius 2 is 1.72 bits per heavy atom. The van der Waals surface area contributed by atoms with Crippen LogP contribution in [0.25, 0.3) is 6.08 Å². The standard InChI is InChI=1S/C23H28N2O3S/c1-18-4-6-19(7-5-18)10-13-23(26)25(22-14-15-29(27,28)17-22)16-20-8-11-21(12-9-20)24(2)3/h4-13,22H,14-17H2,1-3H3/b13-10+/t22-/m1/s1. The zero-order chi connectivity index (χ0) is 21.0. The molecule has 2 aromatic carbocycles. The predicted octanol–water partition coefficient (Wildman–Crippen LogP) is 3.29. The molecule has 0 N–H and O–H groups in total. The minimum atomic E-state index is -3.08. The van der Waals surface area contributed by atoms with Gasteiger partial charge in [-0.05, 0) is 42.7 Å². The van der Waals surface area contributed by atoms with Crippen LogP contribution in [-0.2, 0) is 21.2 Å². The first kappa shape index (κ1) is 21.1. The lowest BCUT2D eigenvalue weighted by molar-refractivity contribution is -0.128. The van der Waals surface area contributed by atoms with Gasteiger partial charge in [0.15, 0.2) is 9.84 Å². The van der Waals surface area contributed by atoms with Crippen LogP contribution in [0.15, 0.2) is 54.6 Å². The maximum absolute atomic E-state index is 13.0. The molecular weight excluding hydrogens is 384 g/mol. The smallest absolute Gasteiger partial charge is 0.247 e. The fourth-order valence-electron chi connectivity index (χ4n) is 3.45. The molecule has 1 aliphatic heterocycles. The lowest BCUT2D eigenvalue weighted by Gasteiger charge is -2.27. The van der Waals surface area contributed by atoms with Gasteiger partial charge in [0.2, 0.25) is 5.91 Å². The third-order valence-corrected chi connectivity index (χ3v) is 6.98. The van der Waals surface area contributed by atoms with E-state index in [1.165, 1.54) is 0 Å². The summed E-state index contributed by atoms with van der Waals surface area (Å²) in [7, 11) is 0.872. The highest BCUT2D eigenvalue weighted by atomic mass is 32.2. The van der Waals surface area contributed by atoms with E-state index in [0.29, 0.717) is 13.0 Å². The van der Waals surface area contributed by atoms with Gasteiger partial charge in [-0.2, -0.15) is 0 Å². The minimum Gasteiger partial charge on any atom is -0.378 e. The summed E-state index contributed by atoms with van der Waals surface area (Å²) in [5.74, 6) is 0.0135. The van der Waals surface area contributed by atoms with Crippen molar-refractivity contribution in [2.24, 2.45) is 0 Å². The summed E-state index contributed by atoms with van der Waals surface area (Å²) in [6.07, 6.45) is 3.82. The molecule has 0 saturated carbocycles. The van der Waals surface area contributed by atoms with E-state index in [2.05, 4.69) is 0 Å². The normalized spacial score (nSPS) is 18.1. The Morgan fingerprint density at radius 1 is 1.07 bits per heavy atom. The number of anilines is 1. The number of sulfone groups is 1. The van der Waals surface area contributed by atoms with E-state index in [9.17, 15) is 13.2 Å². The van der Waals surface area contributed by atoms with Crippen LogP contribution in [-0.4, -0.2) is 50.9 Å². The SMILES string of the molecule is Cc1ccc(/C=C/C(=O)N(Cc2ccc(N(C)C)cc2)[C@@H]2CCS(=O)(=O)C2)cc1. The molecular formula is C23H28N2O3S. The van der Waals surface area contributed by atoms with Gasteiger partial charge in [-0.15, -0.1) is 0 Å². The van der Waals surface area contributed by atoms with Crippen molar-refractivity contribution in [3.63, 3.8) is 0 Å². The van der Waals surface area contributed by atoms with Crippen molar-refractivity contribution in [2.45, 2.75) is 25.9 Å². The summed E-state index contributed by atoms with van der Waals surface area (Å²) in [4.78, 5) is 16.7. The van der Waals surface area contributed by atoms with Gasteiger partial charge in [-0.1, -0.05) is 42.0 Å². The average Bonchev–Trinajstić information content (AvgIpc) is 3.05. The Labute approximate surface area is 173 Å². The van der Waals surface area contributed by atoms with Crippen LogP contribution in [0.5, 0.6) is 0 Å². The van der Waals surface area contributed by atoms with Crippen molar-refractivity contribution in [3.05, 3.63) is 71.3 Å². The number of rotatable bonds is 6. The molecule has 154 valence electrons. The zero-order valence-electron chi connectivity index (χ0n) is 17.2. The second-order valence-corrected chi connectivity index (χ2v) is 10.1. The predicted molar refractivity (Wildman–Crippen MR) is 119 cm³/mol. The molecule has 2 aromatic rings. The minimum absolute atomic E-state index is 0.0346. The Kier molecular flexibility index (Phi) is 6.42. The summed E-state index contributed by atoms with van der Waals surface area (Å²) in [5, 5.41) is 0. The molecule has 1 heterocycles. The van der Waals surface area contributed by atoms with Crippen LogP contribution in [0.3, 0.4) is 0 Å². The molecule has 6 heteroatoms. The first-order valence-corrected chi connectivity index (χ1v) is 11.6. The molecule has 5 nitrogen and oxygen atoms in total. The highest BCUT2D eigenvalue weighted by molar-refractivity contribution is 7.91. The number of amides is 1. The van der Waals surface area contributed by atoms with Gasteiger partial charge in [0.05, 0.1) is 11.5 Å². The highest BCUT2D eigenvalue weighted by Gasteiger charge is 2.34. The fraction of sp³-hybridized carbons (Fsp3) is 0.348. The highest BCUT2D eigenvalue weighted by Crippen LogP contribution is 2.22. The average molecular weight is 413 g/mol. The molecule has 0 bridgehead atoms. The van der Waals surface area contributed by atoms with Crippen LogP contribution in [0.2, 0.25) is 0 Å². The van der Waals surface area contributed by atoms with E-state index in [4.69, 9.17) is 0 Å². The maximum Gasteiger partial charge on any atom is 0.247 e. The van der Waals surface area contributed by atoms with E-state index in [-0.39, 0.29) is 23.5 Å². The lowest BCUT2D eigenvalue weighted by Crippen LogP contribution is -2.39. The number of nitrogens with zero attached hydrogens (tertiary/aromatic N) is 2. The van der Waals surface area contributed by atoms with Crippen molar-refractivity contribution in [2.75, 3.05) is 30.5 Å². The maximum atomic E-state index is 13.0. The molecule has 1 saturated heterocycles. The van der Waals surface area contributed by atoms with E-state index in [1.807, 2.05) is 74.4 Å². The van der Waals surface area contributed by atoms with Gasteiger partial charge in [0.1, 0.15) is 0 Å². The molecule has 0 unspecified atom stereocenters. The summed E-state index contributed by atoms with van der Waals surface area (Å²) in [6, 6.07) is 15.6. The molecule has 1 fully saturated rings. The summed E-state index contributed by atoms with van der Waals surface area (Å²) in [5.41, 5.74) is 4.16. The Morgan fingerprint density at radius 3 is 2.28 bits per heavy atom. The van der Waals surface area contributed by atoms with E-state index in [1.54, 1.807) is 17.1 Å². The summed E-state index contributed by atoms with van der Waals surface area (Å²) >= 11 is 0. The van der Waals surface area contributed by atoms with Crippen molar-refractivity contribution < 1.29 is 13.2 Å². The van der Waals surface area contributed by atoms with Crippen LogP contribution >= 0.6 is 0 Å². The van der Waals surface area contributed by atoms with E-state index in [0.717, 1.165) is 22.4 Å². The zero-order valence-corrected chi connectivity index (χ0v) is 18.0. The molecule has 0 aromatic heterocycles. The van der Waals surface area contributed by atoms with Crippen LogP contribution in [0.1, 0.15) is 23.1 Å². The Balaban J connectivity index is 1.80.